The molecule has 17 heavy (non-hydrogen) atoms. The SMILES string of the molecule is CCCCCNCc1ccc(OCC)c(Cl)c1. The normalized spacial score (nSPS) is 10.5. The van der Waals surface area contributed by atoms with Crippen LogP contribution in [0.4, 0.5) is 0 Å². The summed E-state index contributed by atoms with van der Waals surface area (Å²) in [6.45, 7) is 6.76. The third kappa shape index (κ3) is 5.42. The molecule has 0 aliphatic carbocycles. The maximum atomic E-state index is 6.12. The minimum absolute atomic E-state index is 0.647. The Morgan fingerprint density at radius 3 is 2.71 bits per heavy atom. The Bertz CT molecular complexity index is 328. The van der Waals surface area contributed by atoms with Crippen LogP contribution in [0.25, 0.3) is 0 Å². The molecule has 0 spiro atoms. The summed E-state index contributed by atoms with van der Waals surface area (Å²) in [5.41, 5.74) is 1.20. The van der Waals surface area contributed by atoms with E-state index in [9.17, 15) is 0 Å². The monoisotopic (exact) mass is 255 g/mol. The molecular weight excluding hydrogens is 234 g/mol. The second-order valence-electron chi connectivity index (χ2n) is 4.08. The maximum Gasteiger partial charge on any atom is 0.137 e. The first-order chi connectivity index (χ1) is 8.27. The van der Waals surface area contributed by atoms with Crippen molar-refractivity contribution in [1.82, 2.24) is 5.32 Å². The average molecular weight is 256 g/mol. The molecule has 0 aliphatic rings. The molecule has 0 atom stereocenters. The maximum absolute atomic E-state index is 6.12. The summed E-state index contributed by atoms with van der Waals surface area (Å²) < 4.78 is 5.40. The Balaban J connectivity index is 2.36. The molecule has 0 bridgehead atoms. The summed E-state index contributed by atoms with van der Waals surface area (Å²) in [5, 5.41) is 4.11. The fraction of sp³-hybridized carbons (Fsp3) is 0.571. The zero-order valence-electron chi connectivity index (χ0n) is 10.8. The molecule has 2 nitrogen and oxygen atoms in total. The van der Waals surface area contributed by atoms with Gasteiger partial charge in [-0.3, -0.25) is 0 Å². The van der Waals surface area contributed by atoms with Crippen molar-refractivity contribution in [2.75, 3.05) is 13.2 Å². The first kappa shape index (κ1) is 14.3. The van der Waals surface area contributed by atoms with Gasteiger partial charge < -0.3 is 10.1 Å². The molecule has 0 heterocycles. The predicted molar refractivity (Wildman–Crippen MR) is 73.9 cm³/mol. The highest BCUT2D eigenvalue weighted by molar-refractivity contribution is 6.32. The van der Waals surface area contributed by atoms with Crippen LogP contribution in [0.5, 0.6) is 5.75 Å². The predicted octanol–water partition coefficient (Wildman–Crippen LogP) is 4.02. The van der Waals surface area contributed by atoms with Gasteiger partial charge in [0, 0.05) is 6.54 Å². The van der Waals surface area contributed by atoms with Crippen molar-refractivity contribution in [2.45, 2.75) is 39.7 Å². The Morgan fingerprint density at radius 2 is 2.06 bits per heavy atom. The Hall–Kier alpha value is -0.730. The van der Waals surface area contributed by atoms with Crippen molar-refractivity contribution in [3.8, 4) is 5.75 Å². The van der Waals surface area contributed by atoms with Gasteiger partial charge in [0.15, 0.2) is 0 Å². The Labute approximate surface area is 109 Å². The lowest BCUT2D eigenvalue weighted by Gasteiger charge is -2.08. The van der Waals surface area contributed by atoms with Crippen LogP contribution >= 0.6 is 11.6 Å². The van der Waals surface area contributed by atoms with Gasteiger partial charge in [0.05, 0.1) is 11.6 Å². The number of nitrogens with one attached hydrogen (secondary N) is 1. The summed E-state index contributed by atoms with van der Waals surface area (Å²) in [6.07, 6.45) is 3.79. The van der Waals surface area contributed by atoms with Crippen LogP contribution in [-0.4, -0.2) is 13.2 Å². The van der Waals surface area contributed by atoms with Crippen molar-refractivity contribution >= 4 is 11.6 Å². The number of unbranched alkanes of at least 4 members (excludes halogenated alkanes) is 2. The van der Waals surface area contributed by atoms with Crippen molar-refractivity contribution < 1.29 is 4.74 Å². The van der Waals surface area contributed by atoms with Crippen LogP contribution < -0.4 is 10.1 Å². The van der Waals surface area contributed by atoms with Gasteiger partial charge in [-0.1, -0.05) is 37.4 Å². The Kier molecular flexibility index (Phi) is 7.06. The lowest BCUT2D eigenvalue weighted by Crippen LogP contribution is -2.14. The molecule has 0 aliphatic heterocycles. The summed E-state index contributed by atoms with van der Waals surface area (Å²) in [6, 6.07) is 5.97. The summed E-state index contributed by atoms with van der Waals surface area (Å²) in [4.78, 5) is 0. The second kappa shape index (κ2) is 8.37. The van der Waals surface area contributed by atoms with Crippen LogP contribution in [0.3, 0.4) is 0 Å². The zero-order chi connectivity index (χ0) is 12.5. The molecule has 0 saturated carbocycles. The van der Waals surface area contributed by atoms with Crippen molar-refractivity contribution in [1.29, 1.82) is 0 Å². The number of rotatable bonds is 8. The summed E-state index contributed by atoms with van der Waals surface area (Å²) in [5.74, 6) is 0.767. The highest BCUT2D eigenvalue weighted by Gasteiger charge is 2.02. The number of hydrogen-bond donors (Lipinski definition) is 1. The van der Waals surface area contributed by atoms with Crippen LogP contribution in [0.15, 0.2) is 18.2 Å². The lowest BCUT2D eigenvalue weighted by molar-refractivity contribution is 0.340. The quantitative estimate of drug-likeness (QED) is 0.709. The van der Waals surface area contributed by atoms with E-state index in [0.29, 0.717) is 11.6 Å². The molecule has 0 aromatic heterocycles. The van der Waals surface area contributed by atoms with E-state index < -0.39 is 0 Å². The van der Waals surface area contributed by atoms with E-state index in [0.717, 1.165) is 18.8 Å². The summed E-state index contributed by atoms with van der Waals surface area (Å²) in [7, 11) is 0. The van der Waals surface area contributed by atoms with E-state index in [1.807, 2.05) is 19.1 Å². The van der Waals surface area contributed by atoms with E-state index in [2.05, 4.69) is 18.3 Å². The van der Waals surface area contributed by atoms with Crippen molar-refractivity contribution in [3.63, 3.8) is 0 Å². The first-order valence-corrected chi connectivity index (χ1v) is 6.77. The van der Waals surface area contributed by atoms with Gasteiger partial charge in [-0.15, -0.1) is 0 Å². The molecular formula is C14H22ClNO. The van der Waals surface area contributed by atoms with E-state index in [1.54, 1.807) is 0 Å². The first-order valence-electron chi connectivity index (χ1n) is 6.39. The minimum atomic E-state index is 0.647. The molecule has 1 rings (SSSR count). The van der Waals surface area contributed by atoms with Gasteiger partial charge in [-0.25, -0.2) is 0 Å². The van der Waals surface area contributed by atoms with E-state index in [-0.39, 0.29) is 0 Å². The van der Waals surface area contributed by atoms with Crippen LogP contribution in [-0.2, 0) is 6.54 Å². The Morgan fingerprint density at radius 1 is 1.24 bits per heavy atom. The number of hydrogen-bond acceptors (Lipinski definition) is 2. The summed E-state index contributed by atoms with van der Waals surface area (Å²) >= 11 is 6.12. The van der Waals surface area contributed by atoms with Crippen molar-refractivity contribution in [2.24, 2.45) is 0 Å². The van der Waals surface area contributed by atoms with Gasteiger partial charge in [-0.2, -0.15) is 0 Å². The van der Waals surface area contributed by atoms with Gasteiger partial charge >= 0.3 is 0 Å². The number of halogens is 1. The number of ether oxygens (including phenoxy) is 1. The van der Waals surface area contributed by atoms with Gasteiger partial charge in [0.2, 0.25) is 0 Å². The smallest absolute Gasteiger partial charge is 0.137 e. The molecule has 0 radical (unpaired) electrons. The average Bonchev–Trinajstić information content (AvgIpc) is 2.32. The molecule has 3 heteroatoms. The van der Waals surface area contributed by atoms with E-state index >= 15 is 0 Å². The van der Waals surface area contributed by atoms with Crippen molar-refractivity contribution in [3.05, 3.63) is 28.8 Å². The van der Waals surface area contributed by atoms with Crippen LogP contribution in [0, 0.1) is 0 Å². The largest absolute Gasteiger partial charge is 0.492 e. The van der Waals surface area contributed by atoms with Gasteiger partial charge in [0.25, 0.3) is 0 Å². The highest BCUT2D eigenvalue weighted by Crippen LogP contribution is 2.25. The molecule has 1 N–H and O–H groups in total. The molecule has 0 fully saturated rings. The topological polar surface area (TPSA) is 21.3 Å². The molecule has 0 amide bonds. The lowest BCUT2D eigenvalue weighted by atomic mass is 10.2. The molecule has 0 saturated heterocycles. The van der Waals surface area contributed by atoms with Crippen LogP contribution in [0.1, 0.15) is 38.7 Å². The zero-order valence-corrected chi connectivity index (χ0v) is 11.5. The molecule has 0 unspecified atom stereocenters. The van der Waals surface area contributed by atoms with Gasteiger partial charge in [-0.05, 0) is 37.6 Å². The third-order valence-electron chi connectivity index (χ3n) is 2.58. The third-order valence-corrected chi connectivity index (χ3v) is 2.88. The standard InChI is InChI=1S/C14H22ClNO/c1-3-5-6-9-16-11-12-7-8-14(17-4-2)13(15)10-12/h7-8,10,16H,3-6,9,11H2,1-2H3. The highest BCUT2D eigenvalue weighted by atomic mass is 35.5. The molecule has 1 aromatic rings. The van der Waals surface area contributed by atoms with E-state index in [4.69, 9.17) is 16.3 Å². The number of benzene rings is 1. The minimum Gasteiger partial charge on any atom is -0.492 e. The molecule has 1 aromatic carbocycles. The fourth-order valence-corrected chi connectivity index (χ4v) is 1.92. The van der Waals surface area contributed by atoms with Gasteiger partial charge in [0.1, 0.15) is 5.75 Å². The van der Waals surface area contributed by atoms with Crippen LogP contribution in [0.2, 0.25) is 5.02 Å². The fourth-order valence-electron chi connectivity index (χ4n) is 1.66. The molecule has 96 valence electrons. The second-order valence-corrected chi connectivity index (χ2v) is 4.49. The van der Waals surface area contributed by atoms with E-state index in [1.165, 1.54) is 24.8 Å².